The summed E-state index contributed by atoms with van der Waals surface area (Å²) in [7, 11) is 0. The van der Waals surface area contributed by atoms with Crippen LogP contribution in [0, 0.1) is 19.7 Å². The number of aromatic nitrogens is 1. The highest BCUT2D eigenvalue weighted by atomic mass is 35.5. The zero-order valence-corrected chi connectivity index (χ0v) is 13.6. The van der Waals surface area contributed by atoms with Crippen LogP contribution in [-0.4, -0.2) is 4.98 Å². The summed E-state index contributed by atoms with van der Waals surface area (Å²) in [5, 5.41) is 0.910. The van der Waals surface area contributed by atoms with E-state index in [1.165, 1.54) is 18.2 Å². The molecule has 0 fully saturated rings. The van der Waals surface area contributed by atoms with Crippen molar-refractivity contribution in [3.8, 4) is 11.3 Å². The van der Waals surface area contributed by atoms with Crippen LogP contribution in [0.4, 0.5) is 17.6 Å². The molecular weight excluding hydrogens is 342 g/mol. The predicted molar refractivity (Wildman–Crippen MR) is 86.6 cm³/mol. The standard InChI is InChI=1S/C18H12ClF4N/c1-9-5-11(7-12(6-9)18(21,22)23)17-10(2)16(19)14-4-3-13(20)8-15(14)24-17/h3-8H,1-2H3. The number of benzene rings is 2. The maximum Gasteiger partial charge on any atom is 0.416 e. The second kappa shape index (κ2) is 5.74. The SMILES string of the molecule is Cc1cc(-c2nc3cc(F)ccc3c(Cl)c2C)cc(C(F)(F)F)c1. The smallest absolute Gasteiger partial charge is 0.247 e. The number of pyridine rings is 1. The summed E-state index contributed by atoms with van der Waals surface area (Å²) < 4.78 is 52.6. The van der Waals surface area contributed by atoms with Crippen molar-refractivity contribution in [2.75, 3.05) is 0 Å². The number of hydrogen-bond donors (Lipinski definition) is 0. The van der Waals surface area contributed by atoms with E-state index in [1.807, 2.05) is 0 Å². The number of nitrogens with zero attached hydrogens (tertiary/aromatic N) is 1. The summed E-state index contributed by atoms with van der Waals surface area (Å²) in [6, 6.07) is 7.69. The van der Waals surface area contributed by atoms with Gasteiger partial charge in [0.05, 0.1) is 21.8 Å². The van der Waals surface area contributed by atoms with Crippen LogP contribution in [0.5, 0.6) is 0 Å². The van der Waals surface area contributed by atoms with Gasteiger partial charge in [0.15, 0.2) is 0 Å². The van der Waals surface area contributed by atoms with E-state index in [0.29, 0.717) is 38.3 Å². The first kappa shape index (κ1) is 16.7. The molecule has 0 radical (unpaired) electrons. The Labute approximate surface area is 140 Å². The van der Waals surface area contributed by atoms with Crippen molar-refractivity contribution < 1.29 is 17.6 Å². The molecule has 0 unspecified atom stereocenters. The van der Waals surface area contributed by atoms with E-state index in [1.54, 1.807) is 19.9 Å². The van der Waals surface area contributed by atoms with Gasteiger partial charge in [-0.3, -0.25) is 0 Å². The van der Waals surface area contributed by atoms with E-state index < -0.39 is 17.6 Å². The molecule has 3 aromatic rings. The Morgan fingerprint density at radius 1 is 1.00 bits per heavy atom. The maximum atomic E-state index is 13.5. The Kier molecular flexibility index (Phi) is 4.00. The zero-order valence-electron chi connectivity index (χ0n) is 12.8. The van der Waals surface area contributed by atoms with Crippen LogP contribution in [0.2, 0.25) is 5.02 Å². The van der Waals surface area contributed by atoms with Gasteiger partial charge >= 0.3 is 6.18 Å². The van der Waals surface area contributed by atoms with Crippen molar-refractivity contribution in [3.63, 3.8) is 0 Å². The molecule has 0 saturated carbocycles. The molecule has 0 aliphatic rings. The fourth-order valence-electron chi connectivity index (χ4n) is 2.66. The molecule has 124 valence electrons. The molecule has 0 N–H and O–H groups in total. The monoisotopic (exact) mass is 353 g/mol. The van der Waals surface area contributed by atoms with E-state index in [4.69, 9.17) is 11.6 Å². The van der Waals surface area contributed by atoms with Gasteiger partial charge in [-0.05, 0) is 55.3 Å². The van der Waals surface area contributed by atoms with Gasteiger partial charge < -0.3 is 0 Å². The summed E-state index contributed by atoms with van der Waals surface area (Å²) in [6.45, 7) is 3.26. The fourth-order valence-corrected chi connectivity index (χ4v) is 2.91. The van der Waals surface area contributed by atoms with Gasteiger partial charge in [-0.25, -0.2) is 9.37 Å². The zero-order chi connectivity index (χ0) is 17.6. The van der Waals surface area contributed by atoms with Crippen LogP contribution < -0.4 is 0 Å². The molecule has 0 aliphatic heterocycles. The molecule has 6 heteroatoms. The first-order valence-electron chi connectivity index (χ1n) is 7.11. The van der Waals surface area contributed by atoms with Crippen LogP contribution in [0.1, 0.15) is 16.7 Å². The normalized spacial score (nSPS) is 12.0. The van der Waals surface area contributed by atoms with Crippen molar-refractivity contribution in [1.29, 1.82) is 0 Å². The largest absolute Gasteiger partial charge is 0.416 e. The van der Waals surface area contributed by atoms with Crippen molar-refractivity contribution in [2.45, 2.75) is 20.0 Å². The van der Waals surface area contributed by atoms with Crippen LogP contribution >= 0.6 is 11.6 Å². The number of hydrogen-bond acceptors (Lipinski definition) is 1. The number of alkyl halides is 3. The lowest BCUT2D eigenvalue weighted by molar-refractivity contribution is -0.137. The van der Waals surface area contributed by atoms with Crippen LogP contribution in [0.25, 0.3) is 22.2 Å². The van der Waals surface area contributed by atoms with Gasteiger partial charge in [-0.15, -0.1) is 0 Å². The number of rotatable bonds is 1. The molecule has 24 heavy (non-hydrogen) atoms. The number of fused-ring (bicyclic) bond motifs is 1. The first-order chi connectivity index (χ1) is 11.2. The van der Waals surface area contributed by atoms with Gasteiger partial charge in [0.1, 0.15) is 5.82 Å². The second-order valence-electron chi connectivity index (χ2n) is 5.65. The molecule has 0 bridgehead atoms. The van der Waals surface area contributed by atoms with E-state index in [0.717, 1.165) is 12.1 Å². The molecular formula is C18H12ClF4N. The van der Waals surface area contributed by atoms with E-state index >= 15 is 0 Å². The molecule has 1 aromatic heterocycles. The average molecular weight is 354 g/mol. The van der Waals surface area contributed by atoms with Gasteiger partial charge in [0.2, 0.25) is 0 Å². The molecule has 0 saturated heterocycles. The summed E-state index contributed by atoms with van der Waals surface area (Å²) in [5.74, 6) is -0.485. The minimum Gasteiger partial charge on any atom is -0.247 e. The highest BCUT2D eigenvalue weighted by Gasteiger charge is 2.31. The molecule has 3 rings (SSSR count). The topological polar surface area (TPSA) is 12.9 Å². The van der Waals surface area contributed by atoms with Crippen molar-refractivity contribution >= 4 is 22.5 Å². The molecule has 0 aliphatic carbocycles. The quantitative estimate of drug-likeness (QED) is 0.466. The van der Waals surface area contributed by atoms with E-state index in [-0.39, 0.29) is 0 Å². The summed E-state index contributed by atoms with van der Waals surface area (Å²) >= 11 is 6.32. The summed E-state index contributed by atoms with van der Waals surface area (Å²) in [5.41, 5.74) is 1.16. The van der Waals surface area contributed by atoms with Crippen molar-refractivity contribution in [1.82, 2.24) is 4.98 Å². The lowest BCUT2D eigenvalue weighted by Crippen LogP contribution is -2.06. The minimum atomic E-state index is -4.46. The fraction of sp³-hybridized carbons (Fsp3) is 0.167. The highest BCUT2D eigenvalue weighted by Crippen LogP contribution is 2.37. The molecule has 1 heterocycles. The Balaban J connectivity index is 2.30. The predicted octanol–water partition coefficient (Wildman–Crippen LogP) is 6.33. The van der Waals surface area contributed by atoms with E-state index in [9.17, 15) is 17.6 Å². The van der Waals surface area contributed by atoms with Gasteiger partial charge in [-0.1, -0.05) is 11.6 Å². The summed E-state index contributed by atoms with van der Waals surface area (Å²) in [6.07, 6.45) is -4.46. The van der Waals surface area contributed by atoms with Crippen LogP contribution in [0.3, 0.4) is 0 Å². The second-order valence-corrected chi connectivity index (χ2v) is 6.02. The van der Waals surface area contributed by atoms with Crippen molar-refractivity contribution in [3.05, 3.63) is 63.9 Å². The number of halogens is 5. The third kappa shape index (κ3) is 2.96. The van der Waals surface area contributed by atoms with E-state index in [2.05, 4.69) is 4.98 Å². The lowest BCUT2D eigenvalue weighted by atomic mass is 9.99. The van der Waals surface area contributed by atoms with Crippen LogP contribution in [0.15, 0.2) is 36.4 Å². The maximum absolute atomic E-state index is 13.5. The Bertz CT molecular complexity index is 948. The molecule has 0 amide bonds. The average Bonchev–Trinajstić information content (AvgIpc) is 2.49. The van der Waals surface area contributed by atoms with Gasteiger partial charge in [0, 0.05) is 17.0 Å². The van der Waals surface area contributed by atoms with Crippen LogP contribution in [-0.2, 0) is 6.18 Å². The molecule has 0 atom stereocenters. The molecule has 1 nitrogen and oxygen atoms in total. The molecule has 2 aromatic carbocycles. The Morgan fingerprint density at radius 2 is 1.71 bits per heavy atom. The highest BCUT2D eigenvalue weighted by molar-refractivity contribution is 6.36. The first-order valence-corrected chi connectivity index (χ1v) is 7.49. The van der Waals surface area contributed by atoms with Gasteiger partial charge in [-0.2, -0.15) is 13.2 Å². The summed E-state index contributed by atoms with van der Waals surface area (Å²) in [4.78, 5) is 4.34. The van der Waals surface area contributed by atoms with Crippen molar-refractivity contribution in [2.24, 2.45) is 0 Å². The molecule has 0 spiro atoms. The minimum absolute atomic E-state index is 0.299. The third-order valence-electron chi connectivity index (χ3n) is 3.79. The van der Waals surface area contributed by atoms with Gasteiger partial charge in [0.25, 0.3) is 0 Å². The number of aryl methyl sites for hydroxylation is 1. The Morgan fingerprint density at radius 3 is 2.38 bits per heavy atom. The Hall–Kier alpha value is -2.14. The lowest BCUT2D eigenvalue weighted by Gasteiger charge is -2.14. The third-order valence-corrected chi connectivity index (χ3v) is 4.28.